The molecule has 1 aromatic rings. The van der Waals surface area contributed by atoms with Crippen molar-refractivity contribution in [2.24, 2.45) is 0 Å². The van der Waals surface area contributed by atoms with Gasteiger partial charge in [0.2, 0.25) is 0 Å². The summed E-state index contributed by atoms with van der Waals surface area (Å²) in [6.45, 7) is 4.14. The standard InChI is InChI=1S/C13H16O/c1-11-5-3-7-13(9-11)10-12(2)6-4-8-14/h3,5,7-10H,4,6H2,1-2H3/b12-10+. The summed E-state index contributed by atoms with van der Waals surface area (Å²) in [5.41, 5.74) is 3.73. The van der Waals surface area contributed by atoms with E-state index in [1.807, 2.05) is 6.07 Å². The van der Waals surface area contributed by atoms with E-state index in [4.69, 9.17) is 0 Å². The molecule has 1 nitrogen and oxygen atoms in total. The van der Waals surface area contributed by atoms with Gasteiger partial charge in [0.15, 0.2) is 0 Å². The highest BCUT2D eigenvalue weighted by Crippen LogP contribution is 2.11. The largest absolute Gasteiger partial charge is 0.303 e. The van der Waals surface area contributed by atoms with Crippen LogP contribution in [0.3, 0.4) is 0 Å². The van der Waals surface area contributed by atoms with E-state index in [2.05, 4.69) is 38.1 Å². The van der Waals surface area contributed by atoms with Crippen molar-refractivity contribution in [2.45, 2.75) is 26.7 Å². The molecule has 1 heteroatoms. The Hall–Kier alpha value is -1.37. The molecule has 0 unspecified atom stereocenters. The second-order valence-electron chi connectivity index (χ2n) is 3.61. The molecular formula is C13H16O. The zero-order valence-electron chi connectivity index (χ0n) is 8.79. The van der Waals surface area contributed by atoms with Gasteiger partial charge in [-0.25, -0.2) is 0 Å². The van der Waals surface area contributed by atoms with Gasteiger partial charge >= 0.3 is 0 Å². The summed E-state index contributed by atoms with van der Waals surface area (Å²) in [4.78, 5) is 10.2. The van der Waals surface area contributed by atoms with Gasteiger partial charge in [-0.1, -0.05) is 41.5 Å². The van der Waals surface area contributed by atoms with Crippen molar-refractivity contribution >= 4 is 12.4 Å². The van der Waals surface area contributed by atoms with Crippen LogP contribution >= 0.6 is 0 Å². The third kappa shape index (κ3) is 3.56. The summed E-state index contributed by atoms with van der Waals surface area (Å²) < 4.78 is 0. The van der Waals surface area contributed by atoms with E-state index in [0.29, 0.717) is 6.42 Å². The lowest BCUT2D eigenvalue weighted by atomic mass is 10.1. The topological polar surface area (TPSA) is 17.1 Å². The van der Waals surface area contributed by atoms with Gasteiger partial charge in [0, 0.05) is 6.42 Å². The van der Waals surface area contributed by atoms with Crippen LogP contribution in [-0.2, 0) is 4.79 Å². The number of rotatable bonds is 4. The number of allylic oxidation sites excluding steroid dienone is 1. The van der Waals surface area contributed by atoms with Gasteiger partial charge in [-0.2, -0.15) is 0 Å². The zero-order valence-corrected chi connectivity index (χ0v) is 8.79. The van der Waals surface area contributed by atoms with Crippen molar-refractivity contribution in [3.8, 4) is 0 Å². The average molecular weight is 188 g/mol. The molecule has 0 amide bonds. The van der Waals surface area contributed by atoms with E-state index in [1.165, 1.54) is 16.7 Å². The first-order valence-corrected chi connectivity index (χ1v) is 4.90. The molecule has 0 aliphatic rings. The smallest absolute Gasteiger partial charge is 0.120 e. The fourth-order valence-electron chi connectivity index (χ4n) is 1.40. The van der Waals surface area contributed by atoms with E-state index < -0.39 is 0 Å². The fraction of sp³-hybridized carbons (Fsp3) is 0.308. The highest BCUT2D eigenvalue weighted by Gasteiger charge is 1.92. The fourth-order valence-corrected chi connectivity index (χ4v) is 1.40. The van der Waals surface area contributed by atoms with Crippen LogP contribution in [0.25, 0.3) is 6.08 Å². The average Bonchev–Trinajstić information content (AvgIpc) is 2.15. The number of aryl methyl sites for hydroxylation is 1. The second kappa shape index (κ2) is 5.38. The summed E-state index contributed by atoms with van der Waals surface area (Å²) in [6.07, 6.45) is 4.58. The molecule has 1 aromatic carbocycles. The number of hydrogen-bond donors (Lipinski definition) is 0. The molecule has 0 spiro atoms. The maximum absolute atomic E-state index is 10.2. The molecule has 0 saturated heterocycles. The van der Waals surface area contributed by atoms with Crippen LogP contribution in [0.1, 0.15) is 30.9 Å². The van der Waals surface area contributed by atoms with Crippen LogP contribution in [0.15, 0.2) is 29.8 Å². The minimum absolute atomic E-state index is 0.619. The van der Waals surface area contributed by atoms with Gasteiger partial charge in [-0.15, -0.1) is 0 Å². The lowest BCUT2D eigenvalue weighted by Gasteiger charge is -1.99. The molecular weight excluding hydrogens is 172 g/mol. The third-order valence-corrected chi connectivity index (χ3v) is 2.11. The first-order valence-electron chi connectivity index (χ1n) is 4.90. The number of carbonyl (C=O) groups is 1. The Labute approximate surface area is 85.5 Å². The Kier molecular flexibility index (Phi) is 4.11. The highest BCUT2D eigenvalue weighted by atomic mass is 16.1. The third-order valence-electron chi connectivity index (χ3n) is 2.11. The quantitative estimate of drug-likeness (QED) is 0.662. The summed E-state index contributed by atoms with van der Waals surface area (Å²) in [5.74, 6) is 0. The zero-order chi connectivity index (χ0) is 10.4. The summed E-state index contributed by atoms with van der Waals surface area (Å²) >= 11 is 0. The molecule has 0 aromatic heterocycles. The number of benzene rings is 1. The van der Waals surface area contributed by atoms with Gasteiger partial charge in [-0.05, 0) is 25.8 Å². The minimum Gasteiger partial charge on any atom is -0.303 e. The molecule has 0 atom stereocenters. The number of aldehydes is 1. The van der Waals surface area contributed by atoms with E-state index in [9.17, 15) is 4.79 Å². The SMILES string of the molecule is C/C(=C\c1cccc(C)c1)CCC=O. The highest BCUT2D eigenvalue weighted by molar-refractivity contribution is 5.55. The molecule has 1 rings (SSSR count). The Morgan fingerprint density at radius 1 is 1.43 bits per heavy atom. The van der Waals surface area contributed by atoms with Crippen molar-refractivity contribution in [3.05, 3.63) is 41.0 Å². The number of hydrogen-bond acceptors (Lipinski definition) is 1. The minimum atomic E-state index is 0.619. The van der Waals surface area contributed by atoms with E-state index in [1.54, 1.807) is 0 Å². The normalized spacial score (nSPS) is 11.4. The lowest BCUT2D eigenvalue weighted by Crippen LogP contribution is -1.81. The van der Waals surface area contributed by atoms with Crippen molar-refractivity contribution in [1.82, 2.24) is 0 Å². The van der Waals surface area contributed by atoms with Crippen LogP contribution in [0.4, 0.5) is 0 Å². The molecule has 0 N–H and O–H groups in total. The van der Waals surface area contributed by atoms with E-state index in [0.717, 1.165) is 12.7 Å². The van der Waals surface area contributed by atoms with Crippen molar-refractivity contribution < 1.29 is 4.79 Å². The molecule has 0 aliphatic heterocycles. The van der Waals surface area contributed by atoms with Crippen molar-refractivity contribution in [2.75, 3.05) is 0 Å². The molecule has 0 radical (unpaired) electrons. The molecule has 0 heterocycles. The van der Waals surface area contributed by atoms with Crippen LogP contribution in [0, 0.1) is 6.92 Å². The van der Waals surface area contributed by atoms with Crippen LogP contribution in [0.5, 0.6) is 0 Å². The Morgan fingerprint density at radius 2 is 2.21 bits per heavy atom. The second-order valence-corrected chi connectivity index (χ2v) is 3.61. The molecule has 0 aliphatic carbocycles. The molecule has 0 saturated carbocycles. The number of carbonyl (C=O) groups excluding carboxylic acids is 1. The van der Waals surface area contributed by atoms with Crippen molar-refractivity contribution in [1.29, 1.82) is 0 Å². The van der Waals surface area contributed by atoms with Gasteiger partial charge in [0.1, 0.15) is 6.29 Å². The van der Waals surface area contributed by atoms with E-state index >= 15 is 0 Å². The Balaban J connectivity index is 2.70. The molecule has 0 bridgehead atoms. The summed E-state index contributed by atoms with van der Waals surface area (Å²) in [5, 5.41) is 0. The maximum Gasteiger partial charge on any atom is 0.120 e. The Morgan fingerprint density at radius 3 is 2.86 bits per heavy atom. The van der Waals surface area contributed by atoms with Gasteiger partial charge in [0.25, 0.3) is 0 Å². The predicted molar refractivity (Wildman–Crippen MR) is 60.1 cm³/mol. The lowest BCUT2D eigenvalue weighted by molar-refractivity contribution is -0.107. The van der Waals surface area contributed by atoms with Gasteiger partial charge in [-0.3, -0.25) is 0 Å². The molecule has 74 valence electrons. The first kappa shape index (κ1) is 10.7. The monoisotopic (exact) mass is 188 g/mol. The first-order chi connectivity index (χ1) is 6.72. The van der Waals surface area contributed by atoms with Crippen LogP contribution in [0.2, 0.25) is 0 Å². The Bertz CT molecular complexity index is 337. The van der Waals surface area contributed by atoms with E-state index in [-0.39, 0.29) is 0 Å². The summed E-state index contributed by atoms with van der Waals surface area (Å²) in [7, 11) is 0. The maximum atomic E-state index is 10.2. The van der Waals surface area contributed by atoms with Gasteiger partial charge in [0.05, 0.1) is 0 Å². The van der Waals surface area contributed by atoms with Crippen LogP contribution in [-0.4, -0.2) is 6.29 Å². The predicted octanol–water partition coefficient (Wildman–Crippen LogP) is 3.38. The molecule has 14 heavy (non-hydrogen) atoms. The summed E-state index contributed by atoms with van der Waals surface area (Å²) in [6, 6.07) is 8.36. The van der Waals surface area contributed by atoms with Gasteiger partial charge < -0.3 is 4.79 Å². The van der Waals surface area contributed by atoms with Crippen molar-refractivity contribution in [3.63, 3.8) is 0 Å². The van der Waals surface area contributed by atoms with Crippen LogP contribution < -0.4 is 0 Å². The molecule has 0 fully saturated rings.